The number of aromatic nitrogens is 2. The number of anilines is 2. The summed E-state index contributed by atoms with van der Waals surface area (Å²) in [6.07, 6.45) is 1.01. The van der Waals surface area contributed by atoms with Crippen LogP contribution in [0.2, 0.25) is 0 Å². The summed E-state index contributed by atoms with van der Waals surface area (Å²) in [4.78, 5) is 13.6. The van der Waals surface area contributed by atoms with Crippen molar-refractivity contribution in [3.8, 4) is 17.2 Å². The van der Waals surface area contributed by atoms with E-state index in [0.29, 0.717) is 41.5 Å². The number of nitrogens with one attached hydrogen (secondary N) is 2. The molecule has 2 N–H and O–H groups in total. The molecule has 2 aliphatic rings. The number of hydrogen-bond acceptors (Lipinski definition) is 9. The molecule has 3 aromatic rings. The van der Waals surface area contributed by atoms with Gasteiger partial charge >= 0.3 is 0 Å². The van der Waals surface area contributed by atoms with Crippen LogP contribution in [0.5, 0.6) is 17.2 Å². The van der Waals surface area contributed by atoms with Crippen LogP contribution < -0.4 is 24.8 Å². The van der Waals surface area contributed by atoms with Gasteiger partial charge in [0.1, 0.15) is 5.75 Å². The number of fused-ring (bicyclic) bond motifs is 1. The third kappa shape index (κ3) is 3.65. The molecule has 0 unspecified atom stereocenters. The molecule has 33 heavy (non-hydrogen) atoms. The lowest BCUT2D eigenvalue weighted by Gasteiger charge is -2.30. The molecule has 0 amide bonds. The second-order valence-electron chi connectivity index (χ2n) is 7.94. The normalized spacial score (nSPS) is 19.5. The molecular weight excluding hydrogens is 424 g/mol. The molecule has 2 aromatic carbocycles. The van der Waals surface area contributed by atoms with E-state index in [9.17, 15) is 4.79 Å². The Kier molecular flexibility index (Phi) is 5.37. The first kappa shape index (κ1) is 20.9. The van der Waals surface area contributed by atoms with Gasteiger partial charge in [-0.3, -0.25) is 4.79 Å². The highest BCUT2D eigenvalue weighted by molar-refractivity contribution is 6.01. The second-order valence-corrected chi connectivity index (χ2v) is 7.94. The van der Waals surface area contributed by atoms with Crippen molar-refractivity contribution >= 4 is 17.4 Å². The number of carbonyl (C=O) groups excluding carboxylic acids is 1. The molecule has 9 heteroatoms. The first-order chi connectivity index (χ1) is 16.1. The van der Waals surface area contributed by atoms with Crippen LogP contribution in [0.25, 0.3) is 0 Å². The number of hydrogen-bond donors (Lipinski definition) is 2. The zero-order chi connectivity index (χ0) is 22.9. The maximum atomic E-state index is 13.6. The minimum atomic E-state index is -0.519. The highest BCUT2D eigenvalue weighted by Gasteiger charge is 2.38. The predicted octanol–water partition coefficient (Wildman–Crippen LogP) is 4.07. The van der Waals surface area contributed by atoms with Gasteiger partial charge in [0.05, 0.1) is 27.4 Å². The number of ketones is 1. The van der Waals surface area contributed by atoms with Crippen molar-refractivity contribution in [3.63, 3.8) is 0 Å². The van der Waals surface area contributed by atoms with Gasteiger partial charge in [0.25, 0.3) is 0 Å². The molecule has 170 valence electrons. The first-order valence-corrected chi connectivity index (χ1v) is 10.6. The lowest BCUT2D eigenvalue weighted by atomic mass is 9.78. The Bertz CT molecular complexity index is 1220. The van der Waals surface area contributed by atoms with Crippen molar-refractivity contribution in [2.45, 2.75) is 24.8 Å². The quantitative estimate of drug-likeness (QED) is 0.597. The maximum Gasteiger partial charge on any atom is 0.219 e. The number of ether oxygens (including phenoxy) is 3. The lowest BCUT2D eigenvalue weighted by molar-refractivity contribution is -0.116. The van der Waals surface area contributed by atoms with Crippen LogP contribution in [0, 0.1) is 0 Å². The van der Waals surface area contributed by atoms with Crippen LogP contribution >= 0.6 is 0 Å². The van der Waals surface area contributed by atoms with E-state index in [1.807, 2.05) is 42.5 Å². The number of allylic oxidation sites excluding steroid dienone is 1. The van der Waals surface area contributed by atoms with E-state index in [4.69, 9.17) is 18.8 Å². The van der Waals surface area contributed by atoms with E-state index in [1.54, 1.807) is 21.3 Å². The third-order valence-electron chi connectivity index (χ3n) is 6.17. The van der Waals surface area contributed by atoms with E-state index in [0.717, 1.165) is 22.6 Å². The summed E-state index contributed by atoms with van der Waals surface area (Å²) in [6.45, 7) is 0. The molecule has 0 spiro atoms. The van der Waals surface area contributed by atoms with Crippen molar-refractivity contribution in [2.24, 2.45) is 0 Å². The molecule has 0 radical (unpaired) electrons. The van der Waals surface area contributed by atoms with Gasteiger partial charge < -0.3 is 24.8 Å². The summed E-state index contributed by atoms with van der Waals surface area (Å²) in [7, 11) is 4.80. The Morgan fingerprint density at radius 2 is 1.73 bits per heavy atom. The minimum absolute atomic E-state index is 0.0175. The highest BCUT2D eigenvalue weighted by Crippen LogP contribution is 2.46. The molecule has 2 atom stereocenters. The van der Waals surface area contributed by atoms with Crippen LogP contribution in [0.3, 0.4) is 0 Å². The molecule has 0 saturated heterocycles. The van der Waals surface area contributed by atoms with Gasteiger partial charge in [0.15, 0.2) is 17.3 Å². The molecule has 0 bridgehead atoms. The molecule has 1 aromatic heterocycles. The summed E-state index contributed by atoms with van der Waals surface area (Å²) in [5.41, 5.74) is 3.25. The van der Waals surface area contributed by atoms with E-state index >= 15 is 0 Å². The van der Waals surface area contributed by atoms with Gasteiger partial charge in [-0.1, -0.05) is 24.3 Å². The fourth-order valence-corrected chi connectivity index (χ4v) is 4.59. The average molecular weight is 448 g/mol. The van der Waals surface area contributed by atoms with Gasteiger partial charge in [0, 0.05) is 23.3 Å². The van der Waals surface area contributed by atoms with E-state index in [2.05, 4.69) is 20.9 Å². The van der Waals surface area contributed by atoms with Gasteiger partial charge in [-0.05, 0) is 46.4 Å². The van der Waals surface area contributed by atoms with Crippen molar-refractivity contribution in [3.05, 3.63) is 64.9 Å². The second kappa shape index (κ2) is 8.50. The molecule has 2 heterocycles. The Labute approximate surface area is 190 Å². The zero-order valence-electron chi connectivity index (χ0n) is 18.5. The largest absolute Gasteiger partial charge is 0.497 e. The van der Waals surface area contributed by atoms with E-state index in [1.165, 1.54) is 0 Å². The topological polar surface area (TPSA) is 108 Å². The smallest absolute Gasteiger partial charge is 0.219 e. The number of para-hydroxylation sites is 1. The summed E-state index contributed by atoms with van der Waals surface area (Å²) >= 11 is 0. The molecule has 0 saturated carbocycles. The highest BCUT2D eigenvalue weighted by atomic mass is 16.6. The standard InChI is InChI=1S/C24H24N4O5/c1-30-15-9-7-13(8-10-15)14-11-17-20(18(29)12-14)21(26-24-23(25-17)27-33-28-24)16-5-4-6-19(31-2)22(16)32-3/h4-10,14,21H,11-12H2,1-3H3,(H,25,27)(H,26,28)/t14-,21+/m0/s1. The summed E-state index contributed by atoms with van der Waals surface area (Å²) in [5.74, 6) is 2.82. The van der Waals surface area contributed by atoms with Gasteiger partial charge in [0.2, 0.25) is 11.6 Å². The fraction of sp³-hybridized carbons (Fsp3) is 0.292. The van der Waals surface area contributed by atoms with E-state index in [-0.39, 0.29) is 11.7 Å². The molecule has 1 aliphatic carbocycles. The predicted molar refractivity (Wildman–Crippen MR) is 121 cm³/mol. The first-order valence-electron chi connectivity index (χ1n) is 10.6. The molecular formula is C24H24N4O5. The summed E-state index contributed by atoms with van der Waals surface area (Å²) in [6, 6.07) is 12.9. The van der Waals surface area contributed by atoms with Crippen LogP contribution in [0.4, 0.5) is 11.6 Å². The van der Waals surface area contributed by atoms with Gasteiger partial charge in [-0.25, -0.2) is 4.63 Å². The van der Waals surface area contributed by atoms with Crippen LogP contribution in [0.15, 0.2) is 58.4 Å². The monoisotopic (exact) mass is 448 g/mol. The molecule has 1 aliphatic heterocycles. The van der Waals surface area contributed by atoms with Gasteiger partial charge in [-0.15, -0.1) is 0 Å². The molecule has 9 nitrogen and oxygen atoms in total. The molecule has 0 fully saturated rings. The maximum absolute atomic E-state index is 13.6. The number of methoxy groups -OCH3 is 3. The summed E-state index contributed by atoms with van der Waals surface area (Å²) in [5, 5.41) is 14.6. The Hall–Kier alpha value is -4.01. The van der Waals surface area contributed by atoms with Crippen LogP contribution in [-0.4, -0.2) is 37.4 Å². The minimum Gasteiger partial charge on any atom is -0.497 e. The number of nitrogens with zero attached hydrogens (tertiary/aromatic N) is 2. The third-order valence-corrected chi connectivity index (χ3v) is 6.17. The Balaban J connectivity index is 1.60. The molecule has 5 rings (SSSR count). The van der Waals surface area contributed by atoms with E-state index < -0.39 is 6.04 Å². The number of Topliss-reactive ketones (excluding diaryl/α,β-unsaturated/α-hetero) is 1. The Morgan fingerprint density at radius 3 is 2.45 bits per heavy atom. The summed E-state index contributed by atoms with van der Waals surface area (Å²) < 4.78 is 21.4. The average Bonchev–Trinajstić information content (AvgIpc) is 3.22. The number of benzene rings is 2. The van der Waals surface area contributed by atoms with Gasteiger partial charge in [-0.2, -0.15) is 0 Å². The van der Waals surface area contributed by atoms with Crippen molar-refractivity contribution in [1.29, 1.82) is 0 Å². The van der Waals surface area contributed by atoms with Crippen molar-refractivity contribution in [1.82, 2.24) is 10.3 Å². The van der Waals surface area contributed by atoms with Crippen molar-refractivity contribution < 1.29 is 23.6 Å². The Morgan fingerprint density at radius 1 is 0.939 bits per heavy atom. The zero-order valence-corrected chi connectivity index (χ0v) is 18.5. The number of rotatable bonds is 5. The number of carbonyl (C=O) groups is 1. The van der Waals surface area contributed by atoms with Crippen LogP contribution in [0.1, 0.15) is 35.9 Å². The lowest BCUT2D eigenvalue weighted by Crippen LogP contribution is -2.27. The fourth-order valence-electron chi connectivity index (χ4n) is 4.59. The SMILES string of the molecule is COc1ccc([C@@H]2CC(=O)C3=C(C2)Nc2nonc2N[C@@H]3c2cccc(OC)c2OC)cc1. The van der Waals surface area contributed by atoms with Crippen LogP contribution in [-0.2, 0) is 4.79 Å². The van der Waals surface area contributed by atoms with Crippen molar-refractivity contribution in [2.75, 3.05) is 32.0 Å².